The Balaban J connectivity index is 2.32. The average molecular weight is 395 g/mol. The molecule has 0 aromatic rings. The van der Waals surface area contributed by atoms with E-state index in [0.717, 1.165) is 6.42 Å². The van der Waals surface area contributed by atoms with Gasteiger partial charge in [-0.3, -0.25) is 4.79 Å². The lowest BCUT2D eigenvalue weighted by Crippen LogP contribution is -2.24. The molecular weight excluding hydrogens is 360 g/mol. The van der Waals surface area contributed by atoms with Gasteiger partial charge in [-0.15, -0.1) is 0 Å². The Morgan fingerprint density at radius 1 is 1.11 bits per heavy atom. The summed E-state index contributed by atoms with van der Waals surface area (Å²) in [5, 5.41) is 38.7. The minimum Gasteiger partial charge on any atom is -0.481 e. The maximum atomic E-state index is 10.4. The Morgan fingerprint density at radius 3 is 2.57 bits per heavy atom. The average Bonchev–Trinajstić information content (AvgIpc) is 3.02. The lowest BCUT2D eigenvalue weighted by molar-refractivity contribution is -0.136. The second kappa shape index (κ2) is 14.3. The van der Waals surface area contributed by atoms with Crippen LogP contribution < -0.4 is 0 Å². The fraction of sp³-hybridized carbons (Fsp3) is 0.591. The summed E-state index contributed by atoms with van der Waals surface area (Å²) in [6.45, 7) is 2.02. The number of rotatable bonds is 13. The van der Waals surface area contributed by atoms with Gasteiger partial charge in [0.1, 0.15) is 0 Å². The number of allylic oxidation sites excluding steroid dienone is 4. The van der Waals surface area contributed by atoms with Crippen molar-refractivity contribution in [3.05, 3.63) is 48.6 Å². The number of aliphatic hydroxyl groups is 3. The third-order valence-electron chi connectivity index (χ3n) is 4.44. The maximum absolute atomic E-state index is 10.4. The van der Waals surface area contributed by atoms with Crippen LogP contribution in [0, 0.1) is 0 Å². The topological polar surface area (TPSA) is 107 Å². The van der Waals surface area contributed by atoms with E-state index in [-0.39, 0.29) is 12.5 Å². The van der Waals surface area contributed by atoms with Crippen molar-refractivity contribution in [2.24, 2.45) is 0 Å². The van der Waals surface area contributed by atoms with Crippen molar-refractivity contribution in [2.75, 3.05) is 0 Å². The Kier molecular flexibility index (Phi) is 12.4. The van der Waals surface area contributed by atoms with E-state index in [1.165, 1.54) is 6.08 Å². The van der Waals surface area contributed by atoms with Gasteiger partial charge in [0.25, 0.3) is 0 Å². The van der Waals surface area contributed by atoms with Gasteiger partial charge in [0.2, 0.25) is 0 Å². The molecule has 0 amide bonds. The molecular formula is C22H34O6. The van der Waals surface area contributed by atoms with Gasteiger partial charge in [-0.25, -0.2) is 0 Å². The summed E-state index contributed by atoms with van der Waals surface area (Å²) in [6, 6.07) is 0. The highest BCUT2D eigenvalue weighted by Crippen LogP contribution is 2.26. The number of carboxylic acids is 1. The predicted octanol–water partition coefficient (Wildman–Crippen LogP) is 2.90. The minimum atomic E-state index is -0.870. The normalized spacial score (nSPS) is 25.5. The van der Waals surface area contributed by atoms with Crippen LogP contribution in [-0.4, -0.2) is 56.9 Å². The molecule has 0 aromatic carbocycles. The van der Waals surface area contributed by atoms with Crippen LogP contribution in [0.5, 0.6) is 0 Å². The Bertz CT molecular complexity index is 551. The largest absolute Gasteiger partial charge is 0.481 e. The van der Waals surface area contributed by atoms with Crippen LogP contribution in [0.15, 0.2) is 48.6 Å². The molecule has 28 heavy (non-hydrogen) atoms. The molecule has 0 unspecified atom stereocenters. The zero-order valence-corrected chi connectivity index (χ0v) is 16.6. The van der Waals surface area contributed by atoms with Crippen LogP contribution in [0.2, 0.25) is 0 Å². The summed E-state index contributed by atoms with van der Waals surface area (Å²) >= 11 is 0. The van der Waals surface area contributed by atoms with Gasteiger partial charge < -0.3 is 25.2 Å². The molecule has 4 N–H and O–H groups in total. The van der Waals surface area contributed by atoms with Crippen molar-refractivity contribution in [1.82, 2.24) is 0 Å². The van der Waals surface area contributed by atoms with Crippen LogP contribution in [0.3, 0.4) is 0 Å². The van der Waals surface area contributed by atoms with Crippen molar-refractivity contribution < 1.29 is 30.0 Å². The molecule has 1 heterocycles. The summed E-state index contributed by atoms with van der Waals surface area (Å²) < 4.78 is 5.76. The smallest absolute Gasteiger partial charge is 0.303 e. The number of hydrogen-bond acceptors (Lipinski definition) is 5. The highest BCUT2D eigenvalue weighted by Gasteiger charge is 2.36. The van der Waals surface area contributed by atoms with E-state index in [1.54, 1.807) is 6.08 Å². The molecule has 1 aliphatic heterocycles. The molecule has 1 rings (SSSR count). The Hall–Kier alpha value is -1.73. The molecule has 1 fully saturated rings. The van der Waals surface area contributed by atoms with Crippen LogP contribution >= 0.6 is 0 Å². The second-order valence-electron chi connectivity index (χ2n) is 6.92. The van der Waals surface area contributed by atoms with E-state index in [2.05, 4.69) is 0 Å². The van der Waals surface area contributed by atoms with Crippen LogP contribution in [-0.2, 0) is 9.53 Å². The first kappa shape index (κ1) is 24.3. The van der Waals surface area contributed by atoms with E-state index in [9.17, 15) is 20.1 Å². The lowest BCUT2D eigenvalue weighted by Gasteiger charge is -2.16. The SMILES string of the molecule is CC/C=C\C[C@@H](O)/C=C/[C@@H](O)[C@@H]1C[C@H](O)[C@@H](C/C=C\C/C=C\CCC(=O)O)O1. The van der Waals surface area contributed by atoms with Gasteiger partial charge in [-0.05, 0) is 32.1 Å². The molecule has 6 heteroatoms. The molecule has 0 aromatic heterocycles. The van der Waals surface area contributed by atoms with Crippen LogP contribution in [0.4, 0.5) is 0 Å². The van der Waals surface area contributed by atoms with Crippen molar-refractivity contribution in [3.63, 3.8) is 0 Å². The third-order valence-corrected chi connectivity index (χ3v) is 4.44. The van der Waals surface area contributed by atoms with E-state index in [0.29, 0.717) is 32.1 Å². The first-order chi connectivity index (χ1) is 13.4. The molecule has 158 valence electrons. The first-order valence-corrected chi connectivity index (χ1v) is 9.98. The molecule has 0 saturated carbocycles. The molecule has 5 atom stereocenters. The van der Waals surface area contributed by atoms with Gasteiger partial charge >= 0.3 is 5.97 Å². The van der Waals surface area contributed by atoms with Gasteiger partial charge in [0.15, 0.2) is 0 Å². The fourth-order valence-electron chi connectivity index (χ4n) is 2.87. The molecule has 0 spiro atoms. The van der Waals surface area contributed by atoms with E-state index < -0.39 is 30.4 Å². The highest BCUT2D eigenvalue weighted by atomic mass is 16.5. The Labute approximate surface area is 167 Å². The minimum absolute atomic E-state index is 0.132. The fourth-order valence-corrected chi connectivity index (χ4v) is 2.87. The van der Waals surface area contributed by atoms with E-state index >= 15 is 0 Å². The maximum Gasteiger partial charge on any atom is 0.303 e. The van der Waals surface area contributed by atoms with Gasteiger partial charge in [-0.2, -0.15) is 0 Å². The van der Waals surface area contributed by atoms with E-state index in [1.807, 2.05) is 43.4 Å². The molecule has 1 aliphatic rings. The number of hydrogen-bond donors (Lipinski definition) is 4. The summed E-state index contributed by atoms with van der Waals surface area (Å²) in [6.07, 6.45) is 15.2. The predicted molar refractivity (Wildman–Crippen MR) is 109 cm³/mol. The van der Waals surface area contributed by atoms with Gasteiger partial charge in [0.05, 0.1) is 30.5 Å². The molecule has 0 radical (unpaired) electrons. The third kappa shape index (κ3) is 10.6. The summed E-state index contributed by atoms with van der Waals surface area (Å²) in [5.41, 5.74) is 0. The first-order valence-electron chi connectivity index (χ1n) is 9.98. The lowest BCUT2D eigenvalue weighted by atomic mass is 10.0. The monoisotopic (exact) mass is 394 g/mol. The number of carbonyl (C=O) groups is 1. The van der Waals surface area contributed by atoms with Gasteiger partial charge in [-0.1, -0.05) is 55.5 Å². The van der Waals surface area contributed by atoms with Crippen LogP contribution in [0.1, 0.15) is 51.9 Å². The van der Waals surface area contributed by atoms with E-state index in [4.69, 9.17) is 9.84 Å². The van der Waals surface area contributed by atoms with Crippen LogP contribution in [0.25, 0.3) is 0 Å². The molecule has 0 aliphatic carbocycles. The van der Waals surface area contributed by atoms with Crippen molar-refractivity contribution in [3.8, 4) is 0 Å². The zero-order valence-electron chi connectivity index (χ0n) is 16.6. The summed E-state index contributed by atoms with van der Waals surface area (Å²) in [5.74, 6) is -0.804. The number of aliphatic hydroxyl groups excluding tert-OH is 3. The molecule has 1 saturated heterocycles. The summed E-state index contributed by atoms with van der Waals surface area (Å²) in [4.78, 5) is 10.4. The molecule has 6 nitrogen and oxygen atoms in total. The van der Waals surface area contributed by atoms with Crippen molar-refractivity contribution in [1.29, 1.82) is 0 Å². The molecule has 0 bridgehead atoms. The Morgan fingerprint density at radius 2 is 1.86 bits per heavy atom. The highest BCUT2D eigenvalue weighted by molar-refractivity contribution is 5.66. The number of aliphatic carboxylic acids is 1. The number of carboxylic acid groups (broad SMARTS) is 1. The number of ether oxygens (including phenoxy) is 1. The van der Waals surface area contributed by atoms with Crippen molar-refractivity contribution in [2.45, 2.75) is 82.4 Å². The second-order valence-corrected chi connectivity index (χ2v) is 6.92. The van der Waals surface area contributed by atoms with Crippen molar-refractivity contribution >= 4 is 5.97 Å². The quantitative estimate of drug-likeness (QED) is 0.358. The standard InChI is InChI=1S/C22H34O6/c1-2-3-8-11-17(23)14-15-18(24)21-16-19(25)20(28-21)12-9-6-4-5-7-10-13-22(26)27/h3,5-9,14-15,17-21,23-25H,2,4,10-13,16H2,1H3,(H,26,27)/b7-5-,8-3-,9-6-,15-14+/t17-,18-,19+,20-,21+/m1/s1. The summed E-state index contributed by atoms with van der Waals surface area (Å²) in [7, 11) is 0. The zero-order chi connectivity index (χ0) is 20.8. The van der Waals surface area contributed by atoms with Gasteiger partial charge in [0, 0.05) is 12.8 Å².